The molecule has 1 aliphatic rings. The monoisotopic (exact) mass is 449 g/mol. The molecule has 0 aliphatic carbocycles. The third-order valence-corrected chi connectivity index (χ3v) is 5.72. The van der Waals surface area contributed by atoms with Crippen molar-refractivity contribution in [3.8, 4) is 5.75 Å². The summed E-state index contributed by atoms with van der Waals surface area (Å²) < 4.78 is 25.1. The number of ether oxygens (including phenoxy) is 2. The summed E-state index contributed by atoms with van der Waals surface area (Å²) in [4.78, 5) is 14.9. The van der Waals surface area contributed by atoms with E-state index in [0.717, 1.165) is 27.9 Å². The lowest BCUT2D eigenvalue weighted by molar-refractivity contribution is -0.0248. The Morgan fingerprint density at radius 1 is 1.21 bits per heavy atom. The van der Waals surface area contributed by atoms with Gasteiger partial charge in [0.05, 0.1) is 31.0 Å². The number of aromatic amines is 2. The molecular formula is C24H24FN5O3. The van der Waals surface area contributed by atoms with Gasteiger partial charge in [0, 0.05) is 24.0 Å². The molecule has 3 heterocycles. The number of H-pyrrole nitrogens is 2. The summed E-state index contributed by atoms with van der Waals surface area (Å²) in [7, 11) is 0. The Morgan fingerprint density at radius 2 is 2.09 bits per heavy atom. The number of hydrogen-bond donors (Lipinski definition) is 2. The number of hydrogen-bond acceptors (Lipinski definition) is 5. The SMILES string of the molecule is Cc1ccc2[nH]nc(C(=O)N3CCO[C@H](c4cc(CCOc5ccccc5F)[nH]n4)C3)c2c1. The molecule has 1 aliphatic heterocycles. The number of aryl methyl sites for hydroxylation is 1. The Balaban J connectivity index is 1.23. The fourth-order valence-corrected chi connectivity index (χ4v) is 3.96. The van der Waals surface area contributed by atoms with E-state index in [2.05, 4.69) is 20.4 Å². The molecule has 2 aromatic carbocycles. The second-order valence-corrected chi connectivity index (χ2v) is 8.08. The Morgan fingerprint density at radius 3 is 2.97 bits per heavy atom. The summed E-state index contributed by atoms with van der Waals surface area (Å²) >= 11 is 0. The van der Waals surface area contributed by atoms with Crippen molar-refractivity contribution in [3.63, 3.8) is 0 Å². The molecule has 8 nitrogen and oxygen atoms in total. The maximum atomic E-state index is 13.7. The van der Waals surface area contributed by atoms with Crippen LogP contribution in [0.3, 0.4) is 0 Å². The average molecular weight is 449 g/mol. The summed E-state index contributed by atoms with van der Waals surface area (Å²) in [5.74, 6) is -0.291. The van der Waals surface area contributed by atoms with Gasteiger partial charge in [-0.15, -0.1) is 0 Å². The topological polar surface area (TPSA) is 96.1 Å². The van der Waals surface area contributed by atoms with Crippen molar-refractivity contribution in [1.82, 2.24) is 25.3 Å². The lowest BCUT2D eigenvalue weighted by Crippen LogP contribution is -2.42. The maximum Gasteiger partial charge on any atom is 0.275 e. The first-order chi connectivity index (χ1) is 16.1. The van der Waals surface area contributed by atoms with E-state index >= 15 is 0 Å². The van der Waals surface area contributed by atoms with Gasteiger partial charge in [-0.1, -0.05) is 23.8 Å². The van der Waals surface area contributed by atoms with Crippen molar-refractivity contribution < 1.29 is 18.7 Å². The minimum atomic E-state index is -0.386. The van der Waals surface area contributed by atoms with Crippen LogP contribution in [0.15, 0.2) is 48.5 Å². The van der Waals surface area contributed by atoms with Gasteiger partial charge in [-0.05, 0) is 37.3 Å². The van der Waals surface area contributed by atoms with E-state index in [1.165, 1.54) is 6.07 Å². The lowest BCUT2D eigenvalue weighted by atomic mass is 10.1. The smallest absolute Gasteiger partial charge is 0.275 e. The molecule has 1 atom stereocenters. The summed E-state index contributed by atoms with van der Waals surface area (Å²) in [6.07, 6.45) is 0.196. The zero-order chi connectivity index (χ0) is 22.8. The van der Waals surface area contributed by atoms with Gasteiger partial charge in [0.1, 0.15) is 6.10 Å². The first kappa shape index (κ1) is 21.1. The van der Waals surface area contributed by atoms with E-state index < -0.39 is 0 Å². The number of nitrogens with one attached hydrogen (secondary N) is 2. The number of fused-ring (bicyclic) bond motifs is 1. The third kappa shape index (κ3) is 4.45. The number of aromatic nitrogens is 4. The predicted molar refractivity (Wildman–Crippen MR) is 120 cm³/mol. The quantitative estimate of drug-likeness (QED) is 0.469. The molecule has 0 unspecified atom stereocenters. The minimum Gasteiger partial charge on any atom is -0.490 e. The van der Waals surface area contributed by atoms with E-state index in [1.54, 1.807) is 23.1 Å². The van der Waals surface area contributed by atoms with Crippen LogP contribution in [0.4, 0.5) is 4.39 Å². The molecule has 9 heteroatoms. The fraction of sp³-hybridized carbons (Fsp3) is 0.292. The first-order valence-electron chi connectivity index (χ1n) is 10.9. The van der Waals surface area contributed by atoms with E-state index in [1.807, 2.05) is 31.2 Å². The van der Waals surface area contributed by atoms with Gasteiger partial charge in [-0.25, -0.2) is 4.39 Å². The maximum absolute atomic E-state index is 13.7. The highest BCUT2D eigenvalue weighted by atomic mass is 19.1. The molecule has 33 heavy (non-hydrogen) atoms. The number of morpholine rings is 1. The van der Waals surface area contributed by atoms with Crippen LogP contribution in [0.1, 0.15) is 33.5 Å². The number of benzene rings is 2. The molecular weight excluding hydrogens is 425 g/mol. The summed E-state index contributed by atoms with van der Waals surface area (Å²) in [6.45, 7) is 3.58. The van der Waals surface area contributed by atoms with Gasteiger partial charge >= 0.3 is 0 Å². The number of nitrogens with zero attached hydrogens (tertiary/aromatic N) is 3. The largest absolute Gasteiger partial charge is 0.490 e. The van der Waals surface area contributed by atoms with Crippen LogP contribution >= 0.6 is 0 Å². The Hall–Kier alpha value is -3.72. The molecule has 1 saturated heterocycles. The molecule has 2 N–H and O–H groups in total. The number of amides is 1. The van der Waals surface area contributed by atoms with Gasteiger partial charge in [0.2, 0.25) is 0 Å². The number of halogens is 1. The Bertz CT molecular complexity index is 1280. The number of rotatable bonds is 6. The molecule has 4 aromatic rings. The molecule has 1 amide bonds. The van der Waals surface area contributed by atoms with E-state index in [4.69, 9.17) is 9.47 Å². The minimum absolute atomic E-state index is 0.130. The van der Waals surface area contributed by atoms with Crippen LogP contribution in [-0.2, 0) is 11.2 Å². The predicted octanol–water partition coefficient (Wildman–Crippen LogP) is 3.57. The molecule has 0 saturated carbocycles. The standard InChI is InChI=1S/C24H24FN5O3/c1-15-6-7-19-17(12-15)23(29-27-19)24(31)30-9-11-33-22(14-30)20-13-16(26-28-20)8-10-32-21-5-3-2-4-18(21)25/h2-7,12-13,22H,8-11,14H2,1H3,(H,26,28)(H,27,29)/t22-/m0/s1. The molecule has 1 fully saturated rings. The summed E-state index contributed by atoms with van der Waals surface area (Å²) in [5.41, 5.74) is 3.89. The number of carbonyl (C=O) groups excluding carboxylic acids is 1. The van der Waals surface area contributed by atoms with Crippen LogP contribution in [0.25, 0.3) is 10.9 Å². The molecule has 0 radical (unpaired) electrons. The molecule has 5 rings (SSSR count). The Kier molecular flexibility index (Phi) is 5.78. The highest BCUT2D eigenvalue weighted by Gasteiger charge is 2.29. The second kappa shape index (κ2) is 9.03. The highest BCUT2D eigenvalue weighted by molar-refractivity contribution is 6.04. The van der Waals surface area contributed by atoms with Gasteiger partial charge in [-0.2, -0.15) is 10.2 Å². The van der Waals surface area contributed by atoms with E-state index in [-0.39, 0.29) is 23.6 Å². The zero-order valence-electron chi connectivity index (χ0n) is 18.2. The van der Waals surface area contributed by atoms with Gasteiger partial charge in [-0.3, -0.25) is 15.0 Å². The van der Waals surface area contributed by atoms with Gasteiger partial charge in [0.15, 0.2) is 17.3 Å². The highest BCUT2D eigenvalue weighted by Crippen LogP contribution is 2.25. The van der Waals surface area contributed by atoms with Gasteiger partial charge < -0.3 is 14.4 Å². The van der Waals surface area contributed by atoms with Crippen LogP contribution in [-0.4, -0.2) is 57.5 Å². The summed E-state index contributed by atoms with van der Waals surface area (Å²) in [6, 6.07) is 14.1. The summed E-state index contributed by atoms with van der Waals surface area (Å²) in [5, 5.41) is 15.4. The fourth-order valence-electron chi connectivity index (χ4n) is 3.96. The third-order valence-electron chi connectivity index (χ3n) is 5.72. The number of para-hydroxylation sites is 1. The van der Waals surface area contributed by atoms with Gasteiger partial charge in [0.25, 0.3) is 5.91 Å². The molecule has 170 valence electrons. The van der Waals surface area contributed by atoms with Crippen molar-refractivity contribution in [1.29, 1.82) is 0 Å². The zero-order valence-corrected chi connectivity index (χ0v) is 18.2. The van der Waals surface area contributed by atoms with Crippen molar-refractivity contribution in [2.75, 3.05) is 26.3 Å². The van der Waals surface area contributed by atoms with Crippen LogP contribution in [0, 0.1) is 12.7 Å². The molecule has 0 bridgehead atoms. The second-order valence-electron chi connectivity index (χ2n) is 8.08. The van der Waals surface area contributed by atoms with Crippen molar-refractivity contribution in [2.45, 2.75) is 19.4 Å². The molecule has 0 spiro atoms. The molecule has 2 aromatic heterocycles. The normalized spacial score (nSPS) is 16.3. The average Bonchev–Trinajstić information content (AvgIpc) is 3.47. The lowest BCUT2D eigenvalue weighted by Gasteiger charge is -2.31. The van der Waals surface area contributed by atoms with Crippen molar-refractivity contribution in [3.05, 3.63) is 77.0 Å². The van der Waals surface area contributed by atoms with Crippen LogP contribution in [0.5, 0.6) is 5.75 Å². The Labute approximate surface area is 189 Å². The van der Waals surface area contributed by atoms with Crippen LogP contribution in [0.2, 0.25) is 0 Å². The van der Waals surface area contributed by atoms with E-state index in [0.29, 0.717) is 38.4 Å². The number of carbonyl (C=O) groups is 1. The van der Waals surface area contributed by atoms with Crippen molar-refractivity contribution >= 4 is 16.8 Å². The van der Waals surface area contributed by atoms with E-state index in [9.17, 15) is 9.18 Å². The van der Waals surface area contributed by atoms with Crippen LogP contribution < -0.4 is 4.74 Å². The first-order valence-corrected chi connectivity index (χ1v) is 10.9. The van der Waals surface area contributed by atoms with Crippen molar-refractivity contribution in [2.24, 2.45) is 0 Å².